The zero-order chi connectivity index (χ0) is 37.2. The summed E-state index contributed by atoms with van der Waals surface area (Å²) < 4.78 is 33.6. The Bertz CT molecular complexity index is 2130. The molecule has 0 bridgehead atoms. The predicted octanol–water partition coefficient (Wildman–Crippen LogP) is 5.53. The van der Waals surface area contributed by atoms with E-state index in [0.717, 1.165) is 18.7 Å². The Hall–Kier alpha value is -5.79. The molecule has 1 saturated heterocycles. The fourth-order valence-corrected chi connectivity index (χ4v) is 7.13. The van der Waals surface area contributed by atoms with Crippen molar-refractivity contribution in [3.8, 4) is 28.8 Å². The SMILES string of the molecule is COc1ncc(N(C(=O)c2cc(-c3cc(F)c(OC)cc3C(=O)N3Cc4ccccc4C[C@H]3CN3CCOCC3)n(C)c2C)c2ccc(O)cc2)cn1. The highest BCUT2D eigenvalue weighted by Crippen LogP contribution is 2.37. The number of methoxy groups -OCH3 is 2. The number of aromatic hydroxyl groups is 1. The second kappa shape index (κ2) is 15.1. The number of benzene rings is 3. The summed E-state index contributed by atoms with van der Waals surface area (Å²) in [6, 6.07) is 18.7. The molecular formula is C40H41FN6O6. The maximum atomic E-state index is 15.7. The van der Waals surface area contributed by atoms with Crippen molar-refractivity contribution in [2.75, 3.05) is 52.0 Å². The molecule has 3 aromatic carbocycles. The zero-order valence-corrected chi connectivity index (χ0v) is 30.1. The fraction of sp³-hybridized carbons (Fsp3) is 0.300. The highest BCUT2D eigenvalue weighted by atomic mass is 19.1. The average Bonchev–Trinajstić information content (AvgIpc) is 3.48. The number of phenolic OH excluding ortho intramolecular Hbond substituents is 1. The van der Waals surface area contributed by atoms with Crippen molar-refractivity contribution < 1.29 is 33.3 Å². The van der Waals surface area contributed by atoms with E-state index in [1.165, 1.54) is 61.3 Å². The maximum absolute atomic E-state index is 15.7. The standard InChI is InChI=1S/C40H41FN6O6/c1-25-32(39(50)47(28-9-11-31(48)12-10-28)30-21-42-40(52-4)43-22-30)19-36(44(25)2)33-18-35(41)37(51-3)20-34(33)38(49)46-23-27-8-6-5-7-26(27)17-29(46)24-45-13-15-53-16-14-45/h5-12,18-22,29,48H,13-17,23-24H2,1-4H3/t29-/m0/s1. The number of carbonyl (C=O) groups is 2. The molecule has 13 heteroatoms. The molecule has 4 heterocycles. The molecule has 0 saturated carbocycles. The number of ether oxygens (including phenoxy) is 3. The maximum Gasteiger partial charge on any atom is 0.316 e. The fourth-order valence-electron chi connectivity index (χ4n) is 7.13. The van der Waals surface area contributed by atoms with Crippen molar-refractivity contribution in [1.29, 1.82) is 0 Å². The molecule has 0 aliphatic carbocycles. The summed E-state index contributed by atoms with van der Waals surface area (Å²) in [5, 5.41) is 9.99. The first kappa shape index (κ1) is 35.6. The number of fused-ring (bicyclic) bond motifs is 1. The van der Waals surface area contributed by atoms with Crippen LogP contribution in [0.2, 0.25) is 0 Å². The van der Waals surface area contributed by atoms with E-state index in [1.54, 1.807) is 36.7 Å². The summed E-state index contributed by atoms with van der Waals surface area (Å²) in [5.74, 6) is -1.35. The summed E-state index contributed by atoms with van der Waals surface area (Å²) in [4.78, 5) is 43.5. The number of morpholine rings is 1. The van der Waals surface area contributed by atoms with Crippen LogP contribution in [0.1, 0.15) is 37.5 Å². The molecule has 0 spiro atoms. The van der Waals surface area contributed by atoms with Gasteiger partial charge in [0.1, 0.15) is 5.75 Å². The normalized spacial score (nSPS) is 15.9. The van der Waals surface area contributed by atoms with Crippen molar-refractivity contribution in [3.05, 3.63) is 113 Å². The number of nitrogens with zero attached hydrogens (tertiary/aromatic N) is 6. The largest absolute Gasteiger partial charge is 0.508 e. The first-order chi connectivity index (χ1) is 25.7. The molecule has 7 rings (SSSR count). The molecule has 0 unspecified atom stereocenters. The Labute approximate surface area is 307 Å². The number of hydrogen-bond donors (Lipinski definition) is 1. The lowest BCUT2D eigenvalue weighted by molar-refractivity contribution is 0.0193. The Morgan fingerprint density at radius 1 is 0.943 bits per heavy atom. The van der Waals surface area contributed by atoms with Crippen LogP contribution in [0, 0.1) is 12.7 Å². The van der Waals surface area contributed by atoms with Gasteiger partial charge in [0.2, 0.25) is 0 Å². The average molecular weight is 721 g/mol. The molecule has 2 aliphatic rings. The van der Waals surface area contributed by atoms with Gasteiger partial charge >= 0.3 is 6.01 Å². The number of aromatic nitrogens is 3. The summed E-state index contributed by atoms with van der Waals surface area (Å²) in [7, 11) is 4.59. The lowest BCUT2D eigenvalue weighted by atomic mass is 9.92. The van der Waals surface area contributed by atoms with Gasteiger partial charge in [-0.25, -0.2) is 14.4 Å². The molecule has 2 aliphatic heterocycles. The van der Waals surface area contributed by atoms with Crippen molar-refractivity contribution in [2.24, 2.45) is 7.05 Å². The van der Waals surface area contributed by atoms with Crippen LogP contribution in [0.25, 0.3) is 11.3 Å². The minimum Gasteiger partial charge on any atom is -0.508 e. The van der Waals surface area contributed by atoms with Crippen LogP contribution in [-0.2, 0) is 24.8 Å². The third kappa shape index (κ3) is 7.05. The van der Waals surface area contributed by atoms with E-state index in [1.807, 2.05) is 23.1 Å². The summed E-state index contributed by atoms with van der Waals surface area (Å²) in [6.07, 6.45) is 3.61. The van der Waals surface area contributed by atoms with E-state index in [2.05, 4.69) is 20.9 Å². The van der Waals surface area contributed by atoms with E-state index in [0.29, 0.717) is 66.6 Å². The van der Waals surface area contributed by atoms with Gasteiger partial charge in [0.15, 0.2) is 11.6 Å². The van der Waals surface area contributed by atoms with Crippen LogP contribution in [0.5, 0.6) is 17.5 Å². The molecule has 2 amide bonds. The van der Waals surface area contributed by atoms with Gasteiger partial charge in [0.05, 0.1) is 56.6 Å². The van der Waals surface area contributed by atoms with E-state index in [4.69, 9.17) is 14.2 Å². The molecule has 0 radical (unpaired) electrons. The van der Waals surface area contributed by atoms with Crippen molar-refractivity contribution in [3.63, 3.8) is 0 Å². The third-order valence-corrected chi connectivity index (χ3v) is 10.1. The first-order valence-electron chi connectivity index (χ1n) is 17.4. The van der Waals surface area contributed by atoms with Crippen molar-refractivity contribution in [2.45, 2.75) is 25.9 Å². The van der Waals surface area contributed by atoms with Gasteiger partial charge in [0, 0.05) is 61.9 Å². The molecule has 1 atom stereocenters. The molecule has 53 heavy (non-hydrogen) atoms. The van der Waals surface area contributed by atoms with E-state index < -0.39 is 11.7 Å². The number of amides is 2. The molecule has 1 N–H and O–H groups in total. The number of anilines is 2. The third-order valence-electron chi connectivity index (χ3n) is 10.1. The van der Waals surface area contributed by atoms with Gasteiger partial charge in [-0.1, -0.05) is 24.3 Å². The smallest absolute Gasteiger partial charge is 0.316 e. The predicted molar refractivity (Wildman–Crippen MR) is 196 cm³/mol. The lowest BCUT2D eigenvalue weighted by Crippen LogP contribution is -2.52. The van der Waals surface area contributed by atoms with Crippen LogP contribution >= 0.6 is 0 Å². The second-order valence-electron chi connectivity index (χ2n) is 13.2. The quantitative estimate of drug-likeness (QED) is 0.210. The second-order valence-corrected chi connectivity index (χ2v) is 13.2. The van der Waals surface area contributed by atoms with Crippen LogP contribution in [0.3, 0.4) is 0 Å². The van der Waals surface area contributed by atoms with Gasteiger partial charge in [-0.2, -0.15) is 0 Å². The van der Waals surface area contributed by atoms with Gasteiger partial charge in [-0.15, -0.1) is 0 Å². The Kier molecular flexibility index (Phi) is 10.1. The topological polar surface area (TPSA) is 122 Å². The van der Waals surface area contributed by atoms with Crippen LogP contribution in [-0.4, -0.2) is 94.4 Å². The monoisotopic (exact) mass is 720 g/mol. The van der Waals surface area contributed by atoms with Crippen molar-refractivity contribution in [1.82, 2.24) is 24.3 Å². The molecule has 5 aromatic rings. The van der Waals surface area contributed by atoms with Crippen molar-refractivity contribution >= 4 is 23.2 Å². The van der Waals surface area contributed by atoms with Crippen LogP contribution < -0.4 is 14.4 Å². The van der Waals surface area contributed by atoms with Gasteiger partial charge in [-0.3, -0.25) is 19.4 Å². The number of hydrogen-bond acceptors (Lipinski definition) is 9. The van der Waals surface area contributed by atoms with E-state index >= 15 is 4.39 Å². The number of halogens is 1. The van der Waals surface area contributed by atoms with E-state index in [9.17, 15) is 14.7 Å². The summed E-state index contributed by atoms with van der Waals surface area (Å²) >= 11 is 0. The highest BCUT2D eigenvalue weighted by molar-refractivity contribution is 6.12. The number of rotatable bonds is 9. The minimum absolute atomic E-state index is 0.0356. The minimum atomic E-state index is -0.638. The number of carbonyl (C=O) groups excluding carboxylic acids is 2. The van der Waals surface area contributed by atoms with Crippen LogP contribution in [0.4, 0.5) is 15.8 Å². The van der Waals surface area contributed by atoms with Gasteiger partial charge < -0.3 is 28.8 Å². The highest BCUT2D eigenvalue weighted by Gasteiger charge is 2.35. The first-order valence-corrected chi connectivity index (χ1v) is 17.4. The number of phenols is 1. The molecular weight excluding hydrogens is 679 g/mol. The lowest BCUT2D eigenvalue weighted by Gasteiger charge is -2.40. The molecule has 1 fully saturated rings. The van der Waals surface area contributed by atoms with Gasteiger partial charge in [0.25, 0.3) is 11.8 Å². The Balaban J connectivity index is 1.31. The van der Waals surface area contributed by atoms with Gasteiger partial charge in [-0.05, 0) is 66.9 Å². The molecule has 274 valence electrons. The Morgan fingerprint density at radius 2 is 1.64 bits per heavy atom. The summed E-state index contributed by atoms with van der Waals surface area (Å²) in [6.45, 7) is 5.68. The Morgan fingerprint density at radius 3 is 2.32 bits per heavy atom. The van der Waals surface area contributed by atoms with Crippen LogP contribution in [0.15, 0.2) is 79.1 Å². The molecule has 12 nitrogen and oxygen atoms in total. The van der Waals surface area contributed by atoms with E-state index in [-0.39, 0.29) is 35.0 Å². The molecule has 2 aromatic heterocycles. The summed E-state index contributed by atoms with van der Waals surface area (Å²) in [5.41, 5.74) is 5.01. The zero-order valence-electron chi connectivity index (χ0n) is 30.1.